The number of ether oxygens (including phenoxy) is 1. The lowest BCUT2D eigenvalue weighted by Crippen LogP contribution is -2.64. The van der Waals surface area contributed by atoms with E-state index < -0.39 is 22.8 Å². The molecule has 7 heteroatoms. The van der Waals surface area contributed by atoms with Crippen molar-refractivity contribution in [1.82, 2.24) is 9.47 Å². The number of aromatic hydroxyl groups is 1. The highest BCUT2D eigenvalue weighted by atomic mass is 16.5. The van der Waals surface area contributed by atoms with Gasteiger partial charge in [0.2, 0.25) is 5.43 Å². The maximum absolute atomic E-state index is 12.8. The second-order valence-electron chi connectivity index (χ2n) is 6.31. The molecule has 1 aromatic heterocycles. The van der Waals surface area contributed by atoms with Gasteiger partial charge in [-0.2, -0.15) is 0 Å². The first-order chi connectivity index (χ1) is 10.8. The van der Waals surface area contributed by atoms with E-state index in [9.17, 15) is 19.5 Å². The van der Waals surface area contributed by atoms with E-state index in [1.54, 1.807) is 18.7 Å². The Morgan fingerprint density at radius 2 is 2.17 bits per heavy atom. The van der Waals surface area contributed by atoms with Gasteiger partial charge < -0.3 is 19.3 Å². The lowest BCUT2D eigenvalue weighted by Gasteiger charge is -2.51. The predicted octanol–water partition coefficient (Wildman–Crippen LogP) is 1.13. The van der Waals surface area contributed by atoms with Crippen molar-refractivity contribution in [3.05, 3.63) is 27.7 Å². The average Bonchev–Trinajstić information content (AvgIpc) is 2.49. The number of ketones is 1. The summed E-state index contributed by atoms with van der Waals surface area (Å²) in [7, 11) is 0. The van der Waals surface area contributed by atoms with Crippen molar-refractivity contribution in [3.63, 3.8) is 0 Å². The third-order valence-corrected chi connectivity index (χ3v) is 4.66. The molecular formula is C16H20N2O5. The van der Waals surface area contributed by atoms with Crippen molar-refractivity contribution < 1.29 is 19.4 Å². The molecule has 0 unspecified atom stereocenters. The minimum atomic E-state index is -0.851. The maximum Gasteiger partial charge on any atom is 0.277 e. The van der Waals surface area contributed by atoms with Crippen LogP contribution in [0.5, 0.6) is 5.75 Å². The first-order valence-corrected chi connectivity index (χ1v) is 7.77. The van der Waals surface area contributed by atoms with E-state index in [0.717, 1.165) is 0 Å². The Morgan fingerprint density at radius 3 is 2.83 bits per heavy atom. The second kappa shape index (κ2) is 5.19. The molecule has 2 aliphatic rings. The molecule has 0 aromatic carbocycles. The molecule has 1 N–H and O–H groups in total. The van der Waals surface area contributed by atoms with E-state index in [1.807, 2.05) is 6.92 Å². The number of aromatic nitrogens is 1. The van der Waals surface area contributed by atoms with Crippen LogP contribution in [0.3, 0.4) is 0 Å². The molecule has 0 radical (unpaired) electrons. The zero-order chi connectivity index (χ0) is 16.9. The minimum Gasteiger partial charge on any atom is -0.503 e. The molecule has 2 aliphatic heterocycles. The third-order valence-electron chi connectivity index (χ3n) is 4.66. The van der Waals surface area contributed by atoms with E-state index in [-0.39, 0.29) is 36.0 Å². The number of fused-ring (bicyclic) bond motifs is 2. The van der Waals surface area contributed by atoms with Gasteiger partial charge in [-0.1, -0.05) is 6.92 Å². The van der Waals surface area contributed by atoms with Gasteiger partial charge in [-0.15, -0.1) is 0 Å². The fourth-order valence-corrected chi connectivity index (χ4v) is 3.47. The molecule has 0 bridgehead atoms. The predicted molar refractivity (Wildman–Crippen MR) is 81.6 cm³/mol. The van der Waals surface area contributed by atoms with Gasteiger partial charge in [-0.05, 0) is 20.3 Å². The van der Waals surface area contributed by atoms with Crippen LogP contribution < -0.4 is 5.43 Å². The summed E-state index contributed by atoms with van der Waals surface area (Å²) in [5, 5.41) is 10.2. The summed E-state index contributed by atoms with van der Waals surface area (Å²) in [5.41, 5.74) is -1.80. The molecule has 2 atom stereocenters. The molecule has 1 aromatic rings. The number of nitrogens with zero attached hydrogens (tertiary/aromatic N) is 2. The number of Topliss-reactive ketones (excluding diaryl/α,β-unsaturated/α-hetero) is 1. The summed E-state index contributed by atoms with van der Waals surface area (Å²) in [6.07, 6.45) is 2.21. The molecule has 0 saturated carbocycles. The summed E-state index contributed by atoms with van der Waals surface area (Å²) in [6.45, 7) is 6.15. The zero-order valence-corrected chi connectivity index (χ0v) is 13.5. The number of pyridine rings is 1. The normalized spacial score (nSPS) is 26.7. The van der Waals surface area contributed by atoms with E-state index in [1.165, 1.54) is 10.8 Å². The Balaban J connectivity index is 2.21. The van der Waals surface area contributed by atoms with Gasteiger partial charge in [0.05, 0.1) is 18.7 Å². The first kappa shape index (κ1) is 15.7. The van der Waals surface area contributed by atoms with Crippen molar-refractivity contribution >= 4 is 11.7 Å². The van der Waals surface area contributed by atoms with Gasteiger partial charge in [-0.3, -0.25) is 14.4 Å². The highest BCUT2D eigenvalue weighted by Gasteiger charge is 2.48. The van der Waals surface area contributed by atoms with Gasteiger partial charge in [0.15, 0.2) is 23.0 Å². The Kier molecular flexibility index (Phi) is 3.55. The fraction of sp³-hybridized carbons (Fsp3) is 0.562. The van der Waals surface area contributed by atoms with Crippen molar-refractivity contribution in [2.24, 2.45) is 0 Å². The zero-order valence-electron chi connectivity index (χ0n) is 13.5. The fourth-order valence-electron chi connectivity index (χ4n) is 3.47. The van der Waals surface area contributed by atoms with Crippen molar-refractivity contribution in [2.75, 3.05) is 6.61 Å². The molecule has 3 heterocycles. The maximum atomic E-state index is 12.8. The van der Waals surface area contributed by atoms with Crippen LogP contribution in [0.4, 0.5) is 0 Å². The number of carbonyl (C=O) groups excluding carboxylic acids is 2. The monoisotopic (exact) mass is 320 g/mol. The van der Waals surface area contributed by atoms with Crippen LogP contribution in [-0.4, -0.2) is 44.6 Å². The summed E-state index contributed by atoms with van der Waals surface area (Å²) in [4.78, 5) is 38.5. The van der Waals surface area contributed by atoms with Crippen LogP contribution >= 0.6 is 0 Å². The van der Waals surface area contributed by atoms with Gasteiger partial charge in [0.1, 0.15) is 0 Å². The van der Waals surface area contributed by atoms with Crippen molar-refractivity contribution in [1.29, 1.82) is 0 Å². The molecule has 1 fully saturated rings. The Morgan fingerprint density at radius 1 is 1.48 bits per heavy atom. The Labute approximate surface area is 133 Å². The molecule has 0 aliphatic carbocycles. The quantitative estimate of drug-likeness (QED) is 0.825. The third kappa shape index (κ3) is 2.18. The van der Waals surface area contributed by atoms with Crippen LogP contribution in [0.15, 0.2) is 11.0 Å². The van der Waals surface area contributed by atoms with Gasteiger partial charge in [-0.25, -0.2) is 0 Å². The SMILES string of the molecule is CCC(=O)c1cn2c(c(O)c1=O)C(=O)N1[C@H](C)CCO[C@@]1(C)C2. The van der Waals surface area contributed by atoms with Gasteiger partial charge >= 0.3 is 0 Å². The topological polar surface area (TPSA) is 88.8 Å². The lowest BCUT2D eigenvalue weighted by atomic mass is 9.99. The number of rotatable bonds is 2. The first-order valence-electron chi connectivity index (χ1n) is 7.77. The van der Waals surface area contributed by atoms with E-state index >= 15 is 0 Å². The second-order valence-corrected chi connectivity index (χ2v) is 6.31. The summed E-state index contributed by atoms with van der Waals surface area (Å²) >= 11 is 0. The van der Waals surface area contributed by atoms with Crippen LogP contribution in [0.25, 0.3) is 0 Å². The van der Waals surface area contributed by atoms with Crippen LogP contribution in [0.2, 0.25) is 0 Å². The van der Waals surface area contributed by atoms with E-state index in [0.29, 0.717) is 13.0 Å². The standard InChI is InChI=1S/C16H20N2O5/c1-4-11(19)10-7-17-8-16(3)18(9(2)5-6-23-16)15(22)12(17)14(21)13(10)20/h7,9,21H,4-6,8H2,1-3H3/t9-,16+/m1/s1. The molecule has 3 rings (SSSR count). The average molecular weight is 320 g/mol. The molecular weight excluding hydrogens is 300 g/mol. The van der Waals surface area contributed by atoms with E-state index in [2.05, 4.69) is 0 Å². The molecule has 7 nitrogen and oxygen atoms in total. The lowest BCUT2D eigenvalue weighted by molar-refractivity contribution is -0.185. The number of hydrogen-bond acceptors (Lipinski definition) is 5. The highest BCUT2D eigenvalue weighted by molar-refractivity contribution is 6.00. The number of amides is 1. The molecule has 23 heavy (non-hydrogen) atoms. The van der Waals surface area contributed by atoms with E-state index in [4.69, 9.17) is 4.74 Å². The van der Waals surface area contributed by atoms with Crippen LogP contribution in [0.1, 0.15) is 54.5 Å². The van der Waals surface area contributed by atoms with Crippen molar-refractivity contribution in [2.45, 2.75) is 51.9 Å². The number of carbonyl (C=O) groups is 2. The van der Waals surface area contributed by atoms with Crippen LogP contribution in [0, 0.1) is 0 Å². The highest BCUT2D eigenvalue weighted by Crippen LogP contribution is 2.35. The minimum absolute atomic E-state index is 0.0542. The molecule has 1 saturated heterocycles. The smallest absolute Gasteiger partial charge is 0.277 e. The Bertz CT molecular complexity index is 754. The number of hydrogen-bond donors (Lipinski definition) is 1. The molecule has 0 spiro atoms. The van der Waals surface area contributed by atoms with Gasteiger partial charge in [0.25, 0.3) is 5.91 Å². The molecule has 1 amide bonds. The van der Waals surface area contributed by atoms with Gasteiger partial charge in [0, 0.05) is 18.7 Å². The van der Waals surface area contributed by atoms with Crippen molar-refractivity contribution in [3.8, 4) is 5.75 Å². The Hall–Kier alpha value is -2.15. The summed E-state index contributed by atoms with van der Waals surface area (Å²) < 4.78 is 7.27. The molecule has 124 valence electrons. The van der Waals surface area contributed by atoms with Crippen LogP contribution in [-0.2, 0) is 11.3 Å². The summed E-state index contributed by atoms with van der Waals surface area (Å²) in [5.74, 6) is -1.47. The summed E-state index contributed by atoms with van der Waals surface area (Å²) in [6, 6.07) is -0.0542. The largest absolute Gasteiger partial charge is 0.503 e.